The Hall–Kier alpha value is -9.12. The van der Waals surface area contributed by atoms with Gasteiger partial charge in [0.05, 0.1) is 11.4 Å². The SMILES string of the molecule is CCc1c(-c2ccccc2)nc(-c2ccc(-c3ccccc3)cc2)nc1-c1cc(-c2cc(CC3CCc4ccccc4-c4cc(-c5ccccc5)ccc43)cc3c2oc2ccccc23)cc2oc3ccccc3c12. The number of fused-ring (bicyclic) bond motifs is 9. The number of aromatic nitrogens is 2. The first-order chi connectivity index (χ1) is 36.6. The number of nitrogens with zero attached hydrogens (tertiary/aromatic N) is 2. The number of furan rings is 2. The van der Waals surface area contributed by atoms with Crippen LogP contribution in [0.25, 0.3) is 122 Å². The molecule has 0 N–H and O–H groups in total. The summed E-state index contributed by atoms with van der Waals surface area (Å²) in [4.78, 5) is 11.1. The van der Waals surface area contributed by atoms with Gasteiger partial charge in [-0.1, -0.05) is 195 Å². The second-order valence-electron chi connectivity index (χ2n) is 19.8. The highest BCUT2D eigenvalue weighted by molar-refractivity contribution is 6.16. The normalized spacial score (nSPS) is 13.3. The van der Waals surface area contributed by atoms with Crippen molar-refractivity contribution in [1.29, 1.82) is 0 Å². The summed E-state index contributed by atoms with van der Waals surface area (Å²) >= 11 is 0. The first-order valence-corrected chi connectivity index (χ1v) is 25.9. The molecule has 0 fully saturated rings. The smallest absolute Gasteiger partial charge is 0.160 e. The minimum absolute atomic E-state index is 0.281. The zero-order valence-electron chi connectivity index (χ0n) is 41.1. The molecule has 0 saturated carbocycles. The molecule has 1 atom stereocenters. The molecular formula is C70H50N2O2. The zero-order valence-corrected chi connectivity index (χ0v) is 41.1. The molecule has 4 nitrogen and oxygen atoms in total. The fraction of sp³-hybridized carbons (Fsp3) is 0.0857. The molecule has 3 aromatic heterocycles. The molecule has 13 aromatic rings. The van der Waals surface area contributed by atoms with Gasteiger partial charge in [0.2, 0.25) is 0 Å². The van der Waals surface area contributed by atoms with E-state index in [1.807, 2.05) is 6.07 Å². The van der Waals surface area contributed by atoms with Crippen LogP contribution in [0.1, 0.15) is 41.5 Å². The first kappa shape index (κ1) is 43.7. The van der Waals surface area contributed by atoms with Crippen molar-refractivity contribution in [2.75, 3.05) is 0 Å². The van der Waals surface area contributed by atoms with E-state index in [4.69, 9.17) is 18.8 Å². The number of hydrogen-bond acceptors (Lipinski definition) is 4. The standard InChI is InChI=1S/C70H50N2O2/c1-2-54-67(49-23-10-5-11-24-49)71-70(50-33-30-47(31-34-50)45-18-6-3-7-19-45)72-68(54)62-42-53(43-65-66(62)58-27-15-17-29-64(58)73-65)59-39-44(40-61-57-26-14-16-28-63(57)74-69(59)61)38-52-35-32-48-22-12-13-25-55(48)60-41-51(36-37-56(52)60)46-20-8-4-9-21-46/h3-31,33-34,36-37,39-43,52H,2,32,35,38H2,1H3. The van der Waals surface area contributed by atoms with Crippen molar-refractivity contribution >= 4 is 43.9 Å². The van der Waals surface area contributed by atoms with Gasteiger partial charge in [-0.3, -0.25) is 0 Å². The highest BCUT2D eigenvalue weighted by atomic mass is 16.3. The van der Waals surface area contributed by atoms with Gasteiger partial charge in [0.1, 0.15) is 22.3 Å². The monoisotopic (exact) mass is 950 g/mol. The summed E-state index contributed by atoms with van der Waals surface area (Å²) in [5.41, 5.74) is 22.8. The van der Waals surface area contributed by atoms with E-state index < -0.39 is 0 Å². The third kappa shape index (κ3) is 7.61. The quantitative estimate of drug-likeness (QED) is 0.145. The average Bonchev–Trinajstić information content (AvgIpc) is 4.01. The van der Waals surface area contributed by atoms with Gasteiger partial charge in [0.25, 0.3) is 0 Å². The van der Waals surface area contributed by atoms with E-state index in [0.29, 0.717) is 5.82 Å². The van der Waals surface area contributed by atoms with Gasteiger partial charge < -0.3 is 8.83 Å². The van der Waals surface area contributed by atoms with Crippen molar-refractivity contribution in [1.82, 2.24) is 9.97 Å². The summed E-state index contributed by atoms with van der Waals surface area (Å²) in [5, 5.41) is 4.30. The lowest BCUT2D eigenvalue weighted by molar-refractivity contribution is 0.629. The Balaban J connectivity index is 0.976. The Morgan fingerprint density at radius 1 is 0.419 bits per heavy atom. The molecule has 4 heteroatoms. The van der Waals surface area contributed by atoms with Crippen LogP contribution in [0, 0.1) is 0 Å². The summed E-state index contributed by atoms with van der Waals surface area (Å²) in [7, 11) is 0. The van der Waals surface area contributed by atoms with E-state index >= 15 is 0 Å². The fourth-order valence-corrected chi connectivity index (χ4v) is 11.8. The van der Waals surface area contributed by atoms with Crippen LogP contribution < -0.4 is 0 Å². The second-order valence-corrected chi connectivity index (χ2v) is 19.8. The Bertz CT molecular complexity index is 4250. The second kappa shape index (κ2) is 18.2. The molecule has 14 rings (SSSR count). The number of para-hydroxylation sites is 2. The van der Waals surface area contributed by atoms with Gasteiger partial charge in [0, 0.05) is 49.4 Å². The third-order valence-electron chi connectivity index (χ3n) is 15.4. The van der Waals surface area contributed by atoms with E-state index in [-0.39, 0.29) is 5.92 Å². The summed E-state index contributed by atoms with van der Waals surface area (Å²) < 4.78 is 13.9. The predicted octanol–water partition coefficient (Wildman–Crippen LogP) is 18.8. The van der Waals surface area contributed by atoms with Crippen LogP contribution >= 0.6 is 0 Å². The van der Waals surface area contributed by atoms with Gasteiger partial charge in [-0.25, -0.2) is 9.97 Å². The summed E-state index contributed by atoms with van der Waals surface area (Å²) in [6, 6.07) is 82.8. The van der Waals surface area contributed by atoms with E-state index in [0.717, 1.165) is 120 Å². The Kier molecular flexibility index (Phi) is 10.7. The maximum absolute atomic E-state index is 6.96. The molecule has 74 heavy (non-hydrogen) atoms. The molecule has 0 aliphatic heterocycles. The third-order valence-corrected chi connectivity index (χ3v) is 15.4. The first-order valence-electron chi connectivity index (χ1n) is 25.9. The zero-order chi connectivity index (χ0) is 49.1. The van der Waals surface area contributed by atoms with Crippen molar-refractivity contribution in [3.63, 3.8) is 0 Å². The van der Waals surface area contributed by atoms with Crippen molar-refractivity contribution in [3.8, 4) is 78.4 Å². The highest BCUT2D eigenvalue weighted by Crippen LogP contribution is 2.47. The largest absolute Gasteiger partial charge is 0.456 e. The van der Waals surface area contributed by atoms with E-state index in [1.54, 1.807) is 0 Å². The van der Waals surface area contributed by atoms with Crippen LogP contribution in [0.2, 0.25) is 0 Å². The van der Waals surface area contributed by atoms with Crippen molar-refractivity contribution in [3.05, 3.63) is 253 Å². The molecule has 10 aromatic carbocycles. The summed E-state index contributed by atoms with van der Waals surface area (Å²) in [6.07, 6.45) is 3.64. The maximum atomic E-state index is 6.96. The van der Waals surface area contributed by atoms with Crippen LogP contribution in [0.15, 0.2) is 239 Å². The van der Waals surface area contributed by atoms with Gasteiger partial charge in [-0.05, 0) is 130 Å². The van der Waals surface area contributed by atoms with Crippen molar-refractivity contribution in [2.24, 2.45) is 0 Å². The Labute approximate surface area is 430 Å². The van der Waals surface area contributed by atoms with E-state index in [1.165, 1.54) is 44.5 Å². The van der Waals surface area contributed by atoms with Crippen LogP contribution in [0.3, 0.4) is 0 Å². The van der Waals surface area contributed by atoms with Crippen LogP contribution in [0.4, 0.5) is 0 Å². The molecular weight excluding hydrogens is 901 g/mol. The van der Waals surface area contributed by atoms with Crippen LogP contribution in [-0.2, 0) is 19.3 Å². The summed E-state index contributed by atoms with van der Waals surface area (Å²) in [6.45, 7) is 2.21. The molecule has 0 amide bonds. The number of aryl methyl sites for hydroxylation is 1. The molecule has 0 bridgehead atoms. The maximum Gasteiger partial charge on any atom is 0.160 e. The predicted molar refractivity (Wildman–Crippen MR) is 305 cm³/mol. The molecule has 0 spiro atoms. The molecule has 1 aliphatic rings. The van der Waals surface area contributed by atoms with E-state index in [9.17, 15) is 0 Å². The topological polar surface area (TPSA) is 52.1 Å². The summed E-state index contributed by atoms with van der Waals surface area (Å²) in [5.74, 6) is 0.953. The number of hydrogen-bond donors (Lipinski definition) is 0. The molecule has 0 saturated heterocycles. The van der Waals surface area contributed by atoms with Crippen LogP contribution in [0.5, 0.6) is 0 Å². The molecule has 1 aliphatic carbocycles. The van der Waals surface area contributed by atoms with Gasteiger partial charge in [-0.15, -0.1) is 0 Å². The Morgan fingerprint density at radius 3 is 1.77 bits per heavy atom. The minimum Gasteiger partial charge on any atom is -0.456 e. The lowest BCUT2D eigenvalue weighted by Crippen LogP contribution is -2.05. The molecule has 0 radical (unpaired) electrons. The lowest BCUT2D eigenvalue weighted by Gasteiger charge is -2.20. The molecule has 3 heterocycles. The highest BCUT2D eigenvalue weighted by Gasteiger charge is 2.27. The fourth-order valence-electron chi connectivity index (χ4n) is 11.8. The Morgan fingerprint density at radius 2 is 1.01 bits per heavy atom. The molecule has 1 unspecified atom stereocenters. The van der Waals surface area contributed by atoms with E-state index in [2.05, 4.69) is 231 Å². The number of rotatable bonds is 9. The van der Waals surface area contributed by atoms with Crippen molar-refractivity contribution < 1.29 is 8.83 Å². The average molecular weight is 951 g/mol. The number of benzene rings is 10. The van der Waals surface area contributed by atoms with Gasteiger partial charge >= 0.3 is 0 Å². The van der Waals surface area contributed by atoms with Gasteiger partial charge in [-0.2, -0.15) is 0 Å². The molecule has 352 valence electrons. The lowest BCUT2D eigenvalue weighted by atomic mass is 9.84. The van der Waals surface area contributed by atoms with Crippen molar-refractivity contribution in [2.45, 2.75) is 38.5 Å². The van der Waals surface area contributed by atoms with Crippen LogP contribution in [-0.4, -0.2) is 9.97 Å². The van der Waals surface area contributed by atoms with Gasteiger partial charge in [0.15, 0.2) is 5.82 Å². The minimum atomic E-state index is 0.281.